The molecule has 2 atom stereocenters. The third kappa shape index (κ3) is 5.55. The molecule has 1 aliphatic carbocycles. The average Bonchev–Trinajstić information content (AvgIpc) is 3.06. The number of benzene rings is 1. The number of hydrogen-bond donors (Lipinski definition) is 2. The predicted octanol–water partition coefficient (Wildman–Crippen LogP) is 3.19. The van der Waals surface area contributed by atoms with Crippen molar-refractivity contribution in [3.63, 3.8) is 0 Å². The molecule has 124 valence electrons. The van der Waals surface area contributed by atoms with Crippen LogP contribution in [0.3, 0.4) is 0 Å². The first-order chi connectivity index (χ1) is 11.1. The Labute approximate surface area is 138 Å². The van der Waals surface area contributed by atoms with E-state index in [1.54, 1.807) is 12.1 Å². The lowest BCUT2D eigenvalue weighted by Gasteiger charge is -2.12. The van der Waals surface area contributed by atoms with Crippen molar-refractivity contribution in [3.05, 3.63) is 47.5 Å². The van der Waals surface area contributed by atoms with Gasteiger partial charge in [0.1, 0.15) is 0 Å². The number of hydrogen-bond acceptors (Lipinski definition) is 2. The molecule has 2 amide bonds. The zero-order valence-corrected chi connectivity index (χ0v) is 14.0. The lowest BCUT2D eigenvalue weighted by molar-refractivity contribution is -0.121. The average molecular weight is 314 g/mol. The molecule has 0 unspecified atom stereocenters. The van der Waals surface area contributed by atoms with E-state index in [0.29, 0.717) is 24.4 Å². The van der Waals surface area contributed by atoms with Crippen molar-refractivity contribution in [2.45, 2.75) is 52.1 Å². The van der Waals surface area contributed by atoms with Gasteiger partial charge in [0, 0.05) is 24.6 Å². The summed E-state index contributed by atoms with van der Waals surface area (Å²) < 4.78 is 0. The summed E-state index contributed by atoms with van der Waals surface area (Å²) in [6.45, 7) is 4.53. The smallest absolute Gasteiger partial charge is 0.251 e. The molecule has 1 aliphatic rings. The van der Waals surface area contributed by atoms with Gasteiger partial charge in [-0.2, -0.15) is 0 Å². The molecule has 1 aromatic carbocycles. The van der Waals surface area contributed by atoms with Gasteiger partial charge in [0.05, 0.1) is 0 Å². The molecule has 0 radical (unpaired) electrons. The van der Waals surface area contributed by atoms with Crippen LogP contribution in [0.15, 0.2) is 36.4 Å². The van der Waals surface area contributed by atoms with Crippen molar-refractivity contribution >= 4 is 11.8 Å². The Morgan fingerprint density at radius 1 is 1.26 bits per heavy atom. The van der Waals surface area contributed by atoms with Gasteiger partial charge in [0.2, 0.25) is 5.91 Å². The second-order valence-corrected chi connectivity index (χ2v) is 6.23. The number of rotatable bonds is 7. The van der Waals surface area contributed by atoms with Crippen molar-refractivity contribution in [1.82, 2.24) is 10.6 Å². The van der Waals surface area contributed by atoms with Gasteiger partial charge in [0.25, 0.3) is 5.91 Å². The fraction of sp³-hybridized carbons (Fsp3) is 0.474. The molecule has 0 saturated carbocycles. The molecule has 4 nitrogen and oxygen atoms in total. The highest BCUT2D eigenvalue weighted by molar-refractivity contribution is 5.94. The van der Waals surface area contributed by atoms with Gasteiger partial charge in [-0.3, -0.25) is 9.59 Å². The quantitative estimate of drug-likeness (QED) is 0.759. The van der Waals surface area contributed by atoms with E-state index < -0.39 is 0 Å². The SMILES string of the molecule is CC[C@@H](C)NC(=O)c1ccc(CNC(=O)C[C@H]2C=CCC2)cc1. The number of allylic oxidation sites excluding steroid dienone is 2. The second-order valence-electron chi connectivity index (χ2n) is 6.23. The van der Waals surface area contributed by atoms with E-state index >= 15 is 0 Å². The maximum absolute atomic E-state index is 12.0. The van der Waals surface area contributed by atoms with Crippen molar-refractivity contribution in [1.29, 1.82) is 0 Å². The van der Waals surface area contributed by atoms with Gasteiger partial charge in [0.15, 0.2) is 0 Å². The molecule has 23 heavy (non-hydrogen) atoms. The number of amides is 2. The Morgan fingerprint density at radius 3 is 2.61 bits per heavy atom. The van der Waals surface area contributed by atoms with Crippen LogP contribution >= 0.6 is 0 Å². The molecule has 4 heteroatoms. The Morgan fingerprint density at radius 2 is 2.00 bits per heavy atom. The number of nitrogens with one attached hydrogen (secondary N) is 2. The topological polar surface area (TPSA) is 58.2 Å². The maximum atomic E-state index is 12.0. The fourth-order valence-electron chi connectivity index (χ4n) is 2.56. The van der Waals surface area contributed by atoms with E-state index in [1.807, 2.05) is 26.0 Å². The van der Waals surface area contributed by atoms with Gasteiger partial charge in [-0.25, -0.2) is 0 Å². The second kappa shape index (κ2) is 8.51. The molecule has 0 aliphatic heterocycles. The molecule has 0 spiro atoms. The lowest BCUT2D eigenvalue weighted by atomic mass is 10.0. The molecular weight excluding hydrogens is 288 g/mol. The first-order valence-electron chi connectivity index (χ1n) is 8.41. The van der Waals surface area contributed by atoms with Gasteiger partial charge < -0.3 is 10.6 Å². The van der Waals surface area contributed by atoms with E-state index in [1.165, 1.54) is 0 Å². The standard InChI is InChI=1S/C19H26N2O2/c1-3-14(2)21-19(23)17-10-8-16(9-11-17)13-20-18(22)12-15-6-4-5-7-15/h4,6,8-11,14-15H,3,5,7,12-13H2,1-2H3,(H,20,22)(H,21,23)/t14-,15+/m1/s1. The minimum Gasteiger partial charge on any atom is -0.352 e. The molecular formula is C19H26N2O2. The summed E-state index contributed by atoms with van der Waals surface area (Å²) >= 11 is 0. The van der Waals surface area contributed by atoms with Crippen LogP contribution in [0.2, 0.25) is 0 Å². The Kier molecular flexibility index (Phi) is 6.39. The van der Waals surface area contributed by atoms with Gasteiger partial charge >= 0.3 is 0 Å². The summed E-state index contributed by atoms with van der Waals surface area (Å²) in [5, 5.41) is 5.88. The fourth-order valence-corrected chi connectivity index (χ4v) is 2.56. The molecule has 0 bridgehead atoms. The molecule has 2 N–H and O–H groups in total. The zero-order valence-electron chi connectivity index (χ0n) is 14.0. The van der Waals surface area contributed by atoms with Gasteiger partial charge in [-0.05, 0) is 49.8 Å². The monoisotopic (exact) mass is 314 g/mol. The summed E-state index contributed by atoms with van der Waals surface area (Å²) in [4.78, 5) is 23.9. The molecule has 0 fully saturated rings. The molecule has 0 saturated heterocycles. The highest BCUT2D eigenvalue weighted by atomic mass is 16.2. The van der Waals surface area contributed by atoms with Crippen molar-refractivity contribution in [2.24, 2.45) is 5.92 Å². The minimum absolute atomic E-state index is 0.0528. The first-order valence-corrected chi connectivity index (χ1v) is 8.41. The molecule has 0 aromatic heterocycles. The summed E-state index contributed by atoms with van der Waals surface area (Å²) in [6, 6.07) is 7.56. The van der Waals surface area contributed by atoms with Crippen LogP contribution in [0.1, 0.15) is 55.5 Å². The maximum Gasteiger partial charge on any atom is 0.251 e. The summed E-state index contributed by atoms with van der Waals surface area (Å²) in [7, 11) is 0. The van der Waals surface area contributed by atoms with Crippen molar-refractivity contribution in [3.8, 4) is 0 Å². The van der Waals surface area contributed by atoms with Crippen LogP contribution in [-0.2, 0) is 11.3 Å². The first kappa shape index (κ1) is 17.3. The van der Waals surface area contributed by atoms with E-state index in [2.05, 4.69) is 22.8 Å². The third-order valence-electron chi connectivity index (χ3n) is 4.26. The Balaban J connectivity index is 1.79. The van der Waals surface area contributed by atoms with Gasteiger partial charge in [-0.1, -0.05) is 31.2 Å². The van der Waals surface area contributed by atoms with E-state index in [9.17, 15) is 9.59 Å². The van der Waals surface area contributed by atoms with Crippen LogP contribution in [0.25, 0.3) is 0 Å². The highest BCUT2D eigenvalue weighted by Gasteiger charge is 2.13. The molecule has 0 heterocycles. The van der Waals surface area contributed by atoms with Crippen LogP contribution < -0.4 is 10.6 Å². The number of carbonyl (C=O) groups excluding carboxylic acids is 2. The van der Waals surface area contributed by atoms with Crippen molar-refractivity contribution < 1.29 is 9.59 Å². The zero-order chi connectivity index (χ0) is 16.7. The summed E-state index contributed by atoms with van der Waals surface area (Å²) in [6.07, 6.45) is 7.90. The van der Waals surface area contributed by atoms with Crippen LogP contribution in [-0.4, -0.2) is 17.9 Å². The van der Waals surface area contributed by atoms with Crippen LogP contribution in [0, 0.1) is 5.92 Å². The Bertz CT molecular complexity index is 563. The van der Waals surface area contributed by atoms with Crippen molar-refractivity contribution in [2.75, 3.05) is 0 Å². The van der Waals surface area contributed by atoms with E-state index in [0.717, 1.165) is 24.8 Å². The minimum atomic E-state index is -0.0528. The Hall–Kier alpha value is -2.10. The number of carbonyl (C=O) groups is 2. The van der Waals surface area contributed by atoms with E-state index in [-0.39, 0.29) is 17.9 Å². The van der Waals surface area contributed by atoms with Crippen LogP contribution in [0.5, 0.6) is 0 Å². The molecule has 1 aromatic rings. The predicted molar refractivity (Wildman–Crippen MR) is 92.0 cm³/mol. The summed E-state index contributed by atoms with van der Waals surface area (Å²) in [5.74, 6) is 0.421. The van der Waals surface area contributed by atoms with E-state index in [4.69, 9.17) is 0 Å². The van der Waals surface area contributed by atoms with Gasteiger partial charge in [-0.15, -0.1) is 0 Å². The normalized spacial score (nSPS) is 17.7. The molecule has 2 rings (SSSR count). The highest BCUT2D eigenvalue weighted by Crippen LogP contribution is 2.20. The summed E-state index contributed by atoms with van der Waals surface area (Å²) in [5.41, 5.74) is 1.65. The van der Waals surface area contributed by atoms with Crippen LogP contribution in [0.4, 0.5) is 0 Å². The lowest BCUT2D eigenvalue weighted by Crippen LogP contribution is -2.31. The third-order valence-corrected chi connectivity index (χ3v) is 4.26. The largest absolute Gasteiger partial charge is 0.352 e.